The summed E-state index contributed by atoms with van der Waals surface area (Å²) in [6, 6.07) is 15.9. The number of fused-ring (bicyclic) bond motifs is 1. The molecular weight excluding hydrogens is 706 g/mol. The van der Waals surface area contributed by atoms with Crippen LogP contribution in [0.4, 0.5) is 23.3 Å². The van der Waals surface area contributed by atoms with E-state index in [0.717, 1.165) is 66.3 Å². The van der Waals surface area contributed by atoms with Crippen molar-refractivity contribution in [2.24, 2.45) is 14.1 Å². The second-order valence-corrected chi connectivity index (χ2v) is 13.6. The number of nitrogens with one attached hydrogen (secondary N) is 1. The van der Waals surface area contributed by atoms with E-state index in [9.17, 15) is 0 Å². The van der Waals surface area contributed by atoms with Gasteiger partial charge in [0.2, 0.25) is 0 Å². The predicted molar refractivity (Wildman–Crippen MR) is 207 cm³/mol. The molecule has 14 heteroatoms. The van der Waals surface area contributed by atoms with Crippen LogP contribution in [-0.4, -0.2) is 77.9 Å². The third kappa shape index (κ3) is 8.18. The summed E-state index contributed by atoms with van der Waals surface area (Å²) in [6.07, 6.45) is 11.2. The molecule has 0 aromatic carbocycles. The monoisotopic (exact) mass is 745 g/mol. The van der Waals surface area contributed by atoms with Crippen LogP contribution in [0.5, 0.6) is 0 Å². The highest BCUT2D eigenvalue weighted by Crippen LogP contribution is 2.33. The molecule has 0 unspecified atom stereocenters. The number of anilines is 4. The summed E-state index contributed by atoms with van der Waals surface area (Å²) in [5, 5.41) is 20.7. The molecule has 51 heavy (non-hydrogen) atoms. The van der Waals surface area contributed by atoms with Crippen molar-refractivity contribution in [2.45, 2.75) is 19.8 Å². The summed E-state index contributed by atoms with van der Waals surface area (Å²) < 4.78 is 4.59. The van der Waals surface area contributed by atoms with Gasteiger partial charge in [0, 0.05) is 95.5 Å². The molecule has 260 valence electrons. The maximum atomic E-state index is 4.79. The average Bonchev–Trinajstić information content (AvgIpc) is 3.68. The van der Waals surface area contributed by atoms with Crippen molar-refractivity contribution in [1.82, 2.24) is 49.7 Å². The second-order valence-electron chi connectivity index (χ2n) is 12.8. The van der Waals surface area contributed by atoms with E-state index in [4.69, 9.17) is 10.1 Å². The summed E-state index contributed by atoms with van der Waals surface area (Å²) in [4.78, 5) is 22.1. The first-order valence-corrected chi connectivity index (χ1v) is 17.1. The Morgan fingerprint density at radius 2 is 1.33 bits per heavy atom. The van der Waals surface area contributed by atoms with E-state index in [1.165, 1.54) is 0 Å². The van der Waals surface area contributed by atoms with E-state index in [1.807, 2.05) is 124 Å². The van der Waals surface area contributed by atoms with Gasteiger partial charge in [0.1, 0.15) is 28.8 Å². The van der Waals surface area contributed by atoms with Crippen LogP contribution in [0.15, 0.2) is 90.2 Å². The van der Waals surface area contributed by atoms with Gasteiger partial charge in [-0.2, -0.15) is 15.3 Å². The molecule has 0 aliphatic carbocycles. The molecule has 0 saturated heterocycles. The van der Waals surface area contributed by atoms with Crippen molar-refractivity contribution >= 4 is 50.2 Å². The average molecular weight is 747 g/mol. The molecule has 7 aromatic heterocycles. The highest BCUT2D eigenvalue weighted by Gasteiger charge is 2.15. The Bertz CT molecular complexity index is 2290. The first-order chi connectivity index (χ1) is 24.4. The SMILES string of the molecule is CC(C)c1cnnc(Nc2ccc3ncc(-c4cn(C)nc4-c4ccnc(N(C)C)c4)cc3n2)c1.CN(C)c1cc(-c2nn(C)cc2Br)ccn1. The van der Waals surface area contributed by atoms with Crippen molar-refractivity contribution in [1.29, 1.82) is 0 Å². The van der Waals surface area contributed by atoms with Crippen molar-refractivity contribution in [3.8, 4) is 33.6 Å². The normalized spacial score (nSPS) is 11.0. The van der Waals surface area contributed by atoms with E-state index >= 15 is 0 Å². The van der Waals surface area contributed by atoms with Crippen molar-refractivity contribution < 1.29 is 0 Å². The molecule has 0 amide bonds. The summed E-state index contributed by atoms with van der Waals surface area (Å²) in [5.41, 5.74) is 8.48. The second kappa shape index (κ2) is 15.0. The number of halogens is 1. The zero-order valence-electron chi connectivity index (χ0n) is 29.9. The van der Waals surface area contributed by atoms with Crippen LogP contribution >= 0.6 is 15.9 Å². The fourth-order valence-electron chi connectivity index (χ4n) is 5.30. The summed E-state index contributed by atoms with van der Waals surface area (Å²) >= 11 is 3.50. The molecule has 7 rings (SSSR count). The molecule has 7 aromatic rings. The highest BCUT2D eigenvalue weighted by atomic mass is 79.9. The Labute approximate surface area is 305 Å². The van der Waals surface area contributed by atoms with E-state index in [-0.39, 0.29) is 0 Å². The summed E-state index contributed by atoms with van der Waals surface area (Å²) in [5.74, 6) is 3.51. The van der Waals surface area contributed by atoms with Gasteiger partial charge < -0.3 is 15.1 Å². The van der Waals surface area contributed by atoms with Crippen LogP contribution in [0.1, 0.15) is 25.3 Å². The van der Waals surface area contributed by atoms with E-state index in [2.05, 4.69) is 65.3 Å². The minimum atomic E-state index is 0.366. The molecule has 7 heterocycles. The van der Waals surface area contributed by atoms with Gasteiger partial charge in [-0.15, -0.1) is 5.10 Å². The zero-order chi connectivity index (χ0) is 36.2. The number of rotatable bonds is 8. The smallest absolute Gasteiger partial charge is 0.154 e. The molecule has 1 N–H and O–H groups in total. The standard InChI is InChI=1S/C26H27N9.C11H13BrN4/c1-16(2)18-11-24(32-29-14-18)31-23-7-6-21-22(30-23)10-19(13-28-21)20-15-35(5)33-26(20)17-8-9-27-25(12-17)34(3)4;1-15(2)10-6-8(4-5-13-10)11-9(12)7-16(3)14-11/h6-16H,1-5H3,(H,30,31,32);4-7H,1-3H3. The number of pyridine rings is 4. The third-order valence-corrected chi connectivity index (χ3v) is 8.59. The van der Waals surface area contributed by atoms with E-state index in [1.54, 1.807) is 23.3 Å². The van der Waals surface area contributed by atoms with Gasteiger partial charge in [-0.25, -0.2) is 15.0 Å². The fourth-order valence-corrected chi connectivity index (χ4v) is 5.91. The van der Waals surface area contributed by atoms with E-state index in [0.29, 0.717) is 17.6 Å². The first kappa shape index (κ1) is 35.1. The lowest BCUT2D eigenvalue weighted by atomic mass is 10.0. The maximum Gasteiger partial charge on any atom is 0.154 e. The van der Waals surface area contributed by atoms with E-state index < -0.39 is 0 Å². The molecule has 0 spiro atoms. The lowest BCUT2D eigenvalue weighted by Gasteiger charge is -2.12. The van der Waals surface area contributed by atoms with Gasteiger partial charge in [0.15, 0.2) is 5.82 Å². The Hall–Kier alpha value is -5.76. The lowest BCUT2D eigenvalue weighted by molar-refractivity contribution is 0.770. The number of hydrogen-bond donors (Lipinski definition) is 1. The Kier molecular flexibility index (Phi) is 10.3. The van der Waals surface area contributed by atoms with Crippen LogP contribution in [0, 0.1) is 0 Å². The highest BCUT2D eigenvalue weighted by molar-refractivity contribution is 9.10. The Morgan fingerprint density at radius 1 is 0.686 bits per heavy atom. The Morgan fingerprint density at radius 3 is 1.96 bits per heavy atom. The van der Waals surface area contributed by atoms with Gasteiger partial charge in [0.05, 0.1) is 21.7 Å². The van der Waals surface area contributed by atoms with Crippen LogP contribution in [0.25, 0.3) is 44.7 Å². The number of nitrogens with zero attached hydrogens (tertiary/aromatic N) is 12. The predicted octanol–water partition coefficient (Wildman–Crippen LogP) is 7.13. The molecule has 0 saturated carbocycles. The minimum absolute atomic E-state index is 0.366. The number of hydrogen-bond acceptors (Lipinski definition) is 11. The van der Waals surface area contributed by atoms with Crippen LogP contribution < -0.4 is 15.1 Å². The van der Waals surface area contributed by atoms with Gasteiger partial charge in [0.25, 0.3) is 0 Å². The topological polar surface area (TPSA) is 131 Å². The van der Waals surface area contributed by atoms with Gasteiger partial charge >= 0.3 is 0 Å². The van der Waals surface area contributed by atoms with Crippen LogP contribution in [0.2, 0.25) is 0 Å². The molecule has 0 radical (unpaired) electrons. The maximum absolute atomic E-state index is 4.79. The number of aryl methyl sites for hydroxylation is 2. The summed E-state index contributed by atoms with van der Waals surface area (Å²) in [7, 11) is 11.7. The first-order valence-electron chi connectivity index (χ1n) is 16.3. The zero-order valence-corrected chi connectivity index (χ0v) is 31.5. The van der Waals surface area contributed by atoms with Crippen molar-refractivity contribution in [3.63, 3.8) is 0 Å². The Balaban J connectivity index is 0.000000234. The summed E-state index contributed by atoms with van der Waals surface area (Å²) in [6.45, 7) is 4.25. The molecule has 0 fully saturated rings. The third-order valence-electron chi connectivity index (χ3n) is 8.01. The minimum Gasteiger partial charge on any atom is -0.363 e. The van der Waals surface area contributed by atoms with Gasteiger partial charge in [-0.1, -0.05) is 13.8 Å². The van der Waals surface area contributed by atoms with Gasteiger partial charge in [-0.3, -0.25) is 14.3 Å². The molecule has 0 bridgehead atoms. The fraction of sp³-hybridized carbons (Fsp3) is 0.243. The van der Waals surface area contributed by atoms with Crippen molar-refractivity contribution in [2.75, 3.05) is 43.3 Å². The quantitative estimate of drug-likeness (QED) is 0.171. The van der Waals surface area contributed by atoms with Crippen molar-refractivity contribution in [3.05, 3.63) is 95.7 Å². The molecule has 13 nitrogen and oxygen atoms in total. The molecular formula is C37H40BrN13. The van der Waals surface area contributed by atoms with Crippen LogP contribution in [0.3, 0.4) is 0 Å². The molecule has 0 aliphatic rings. The largest absolute Gasteiger partial charge is 0.363 e. The lowest BCUT2D eigenvalue weighted by Crippen LogP contribution is -2.10. The van der Waals surface area contributed by atoms with Crippen LogP contribution in [-0.2, 0) is 14.1 Å². The van der Waals surface area contributed by atoms with Gasteiger partial charge in [-0.05, 0) is 75.9 Å². The number of aromatic nitrogens is 10. The molecule has 0 aliphatic heterocycles. The molecule has 0 atom stereocenters.